The summed E-state index contributed by atoms with van der Waals surface area (Å²) in [5.41, 5.74) is 0. The summed E-state index contributed by atoms with van der Waals surface area (Å²) in [4.78, 5) is 17.6. The second-order valence-electron chi connectivity index (χ2n) is 5.20. The number of rotatable bonds is 8. The molecule has 0 radical (unpaired) electrons. The maximum atomic E-state index is 11.1. The zero-order valence-electron chi connectivity index (χ0n) is 14.4. The molecule has 1 N–H and O–H groups in total. The van der Waals surface area contributed by atoms with Gasteiger partial charge in [0, 0.05) is 47.0 Å². The van der Waals surface area contributed by atoms with E-state index in [1.54, 1.807) is 14.2 Å². The van der Waals surface area contributed by atoms with Crippen LogP contribution in [0.1, 0.15) is 25.7 Å². The molecule has 1 aliphatic heterocycles. The standard InChI is InChI=1S/C15H29N3O4.HI/c1-16-15(17-8-5-14(19)21-3)18-9-6-13(7-10-18)22-12-4-11-20-2;/h13H,4-12H2,1-3H3,(H,16,17);1H. The fourth-order valence-corrected chi connectivity index (χ4v) is 2.40. The number of hydrogen-bond donors (Lipinski definition) is 1. The monoisotopic (exact) mass is 443 g/mol. The lowest BCUT2D eigenvalue weighted by Crippen LogP contribution is -2.47. The highest BCUT2D eigenvalue weighted by atomic mass is 127. The fraction of sp³-hybridized carbons (Fsp3) is 0.867. The highest BCUT2D eigenvalue weighted by molar-refractivity contribution is 14.0. The van der Waals surface area contributed by atoms with Gasteiger partial charge in [-0.1, -0.05) is 0 Å². The van der Waals surface area contributed by atoms with Gasteiger partial charge in [0.15, 0.2) is 5.96 Å². The Kier molecular flexibility index (Phi) is 13.4. The average molecular weight is 443 g/mol. The van der Waals surface area contributed by atoms with Crippen LogP contribution >= 0.6 is 24.0 Å². The third-order valence-corrected chi connectivity index (χ3v) is 3.64. The van der Waals surface area contributed by atoms with Crippen molar-refractivity contribution in [2.75, 3.05) is 54.1 Å². The molecule has 0 aromatic heterocycles. The van der Waals surface area contributed by atoms with Crippen LogP contribution in [0.15, 0.2) is 4.99 Å². The Morgan fingerprint density at radius 1 is 1.26 bits per heavy atom. The van der Waals surface area contributed by atoms with Crippen LogP contribution in [0.4, 0.5) is 0 Å². The van der Waals surface area contributed by atoms with Crippen LogP contribution < -0.4 is 5.32 Å². The average Bonchev–Trinajstić information content (AvgIpc) is 2.56. The molecule has 1 heterocycles. The summed E-state index contributed by atoms with van der Waals surface area (Å²) in [6, 6.07) is 0. The number of guanidine groups is 1. The SMILES string of the molecule is CN=C(NCCC(=O)OC)N1CCC(OCCCOC)CC1.I. The smallest absolute Gasteiger partial charge is 0.307 e. The summed E-state index contributed by atoms with van der Waals surface area (Å²) in [5.74, 6) is 0.618. The number of nitrogens with zero attached hydrogens (tertiary/aromatic N) is 2. The number of hydrogen-bond acceptors (Lipinski definition) is 5. The number of halogens is 1. The molecule has 0 aromatic rings. The molecule has 136 valence electrons. The van der Waals surface area contributed by atoms with Gasteiger partial charge in [0.2, 0.25) is 0 Å². The van der Waals surface area contributed by atoms with Gasteiger partial charge >= 0.3 is 5.97 Å². The quantitative estimate of drug-likeness (QED) is 0.200. The van der Waals surface area contributed by atoms with Gasteiger partial charge < -0.3 is 24.4 Å². The second kappa shape index (κ2) is 13.8. The molecule has 0 amide bonds. The van der Waals surface area contributed by atoms with Crippen molar-refractivity contribution in [1.82, 2.24) is 10.2 Å². The van der Waals surface area contributed by atoms with E-state index in [2.05, 4.69) is 19.9 Å². The summed E-state index contributed by atoms with van der Waals surface area (Å²) >= 11 is 0. The molecule has 0 unspecified atom stereocenters. The van der Waals surface area contributed by atoms with Gasteiger partial charge in [-0.15, -0.1) is 24.0 Å². The van der Waals surface area contributed by atoms with Crippen molar-refractivity contribution in [3.63, 3.8) is 0 Å². The molecule has 8 heteroatoms. The van der Waals surface area contributed by atoms with Crippen molar-refractivity contribution in [1.29, 1.82) is 0 Å². The maximum Gasteiger partial charge on any atom is 0.307 e. The number of aliphatic imine (C=N–C) groups is 1. The summed E-state index contributed by atoms with van der Waals surface area (Å²) in [7, 11) is 4.86. The molecule has 1 saturated heterocycles. The topological polar surface area (TPSA) is 72.4 Å². The number of nitrogens with one attached hydrogen (secondary N) is 1. The molecule has 0 aromatic carbocycles. The molecule has 0 aliphatic carbocycles. The third-order valence-electron chi connectivity index (χ3n) is 3.64. The van der Waals surface area contributed by atoms with E-state index in [-0.39, 0.29) is 29.9 Å². The number of carbonyl (C=O) groups excluding carboxylic acids is 1. The molecule has 0 saturated carbocycles. The van der Waals surface area contributed by atoms with E-state index in [1.807, 2.05) is 0 Å². The molecule has 0 bridgehead atoms. The third kappa shape index (κ3) is 9.31. The molecule has 1 fully saturated rings. The number of esters is 1. The van der Waals surface area contributed by atoms with Gasteiger partial charge in [0.25, 0.3) is 0 Å². The molecular formula is C15H30IN3O4. The Bertz CT molecular complexity index is 348. The summed E-state index contributed by atoms with van der Waals surface area (Å²) in [6.45, 7) is 3.85. The summed E-state index contributed by atoms with van der Waals surface area (Å²) in [5, 5.41) is 3.20. The van der Waals surface area contributed by atoms with Crippen molar-refractivity contribution in [3.8, 4) is 0 Å². The minimum atomic E-state index is -0.217. The number of methoxy groups -OCH3 is 2. The maximum absolute atomic E-state index is 11.1. The Morgan fingerprint density at radius 3 is 2.52 bits per heavy atom. The first kappa shape index (κ1) is 22.4. The molecule has 0 spiro atoms. The van der Waals surface area contributed by atoms with Crippen LogP contribution in [0.2, 0.25) is 0 Å². The van der Waals surface area contributed by atoms with Crippen LogP contribution in [-0.2, 0) is 19.0 Å². The van der Waals surface area contributed by atoms with Crippen LogP contribution in [0.5, 0.6) is 0 Å². The van der Waals surface area contributed by atoms with Crippen molar-refractivity contribution < 1.29 is 19.0 Å². The van der Waals surface area contributed by atoms with E-state index >= 15 is 0 Å². The Morgan fingerprint density at radius 2 is 1.96 bits per heavy atom. The molecule has 7 nitrogen and oxygen atoms in total. The van der Waals surface area contributed by atoms with Crippen LogP contribution in [0, 0.1) is 0 Å². The zero-order chi connectivity index (χ0) is 16.2. The molecule has 1 rings (SSSR count). The Hall–Kier alpha value is -0.610. The second-order valence-corrected chi connectivity index (χ2v) is 5.20. The van der Waals surface area contributed by atoms with Crippen molar-refractivity contribution >= 4 is 35.9 Å². The predicted octanol–water partition coefficient (Wildman–Crippen LogP) is 1.26. The molecule has 23 heavy (non-hydrogen) atoms. The summed E-state index contributed by atoms with van der Waals surface area (Å²) in [6.07, 6.45) is 3.58. The lowest BCUT2D eigenvalue weighted by Gasteiger charge is -2.34. The van der Waals surface area contributed by atoms with Gasteiger partial charge in [0.1, 0.15) is 0 Å². The van der Waals surface area contributed by atoms with Gasteiger partial charge in [-0.25, -0.2) is 0 Å². The highest BCUT2D eigenvalue weighted by Crippen LogP contribution is 2.14. The zero-order valence-corrected chi connectivity index (χ0v) is 16.7. The lowest BCUT2D eigenvalue weighted by molar-refractivity contribution is -0.140. The van der Waals surface area contributed by atoms with Crippen molar-refractivity contribution in [2.45, 2.75) is 31.8 Å². The number of piperidine rings is 1. The van der Waals surface area contributed by atoms with Gasteiger partial charge in [-0.05, 0) is 19.3 Å². The molecule has 1 aliphatic rings. The number of likely N-dealkylation sites (tertiary alicyclic amines) is 1. The van der Waals surface area contributed by atoms with Crippen molar-refractivity contribution in [2.24, 2.45) is 4.99 Å². The van der Waals surface area contributed by atoms with Gasteiger partial charge in [-0.2, -0.15) is 0 Å². The van der Waals surface area contributed by atoms with Gasteiger partial charge in [0.05, 0.1) is 19.6 Å². The van der Waals surface area contributed by atoms with Gasteiger partial charge in [-0.3, -0.25) is 9.79 Å². The minimum absolute atomic E-state index is 0. The molecular weight excluding hydrogens is 413 g/mol. The summed E-state index contributed by atoms with van der Waals surface area (Å²) < 4.78 is 15.5. The number of carbonyl (C=O) groups is 1. The van der Waals surface area contributed by atoms with E-state index in [0.717, 1.165) is 51.5 Å². The first-order valence-corrected chi connectivity index (χ1v) is 7.84. The highest BCUT2D eigenvalue weighted by Gasteiger charge is 2.21. The largest absolute Gasteiger partial charge is 0.469 e. The molecule has 0 atom stereocenters. The normalized spacial score (nSPS) is 16.0. The first-order valence-electron chi connectivity index (χ1n) is 7.84. The Labute approximate surface area is 156 Å². The fourth-order valence-electron chi connectivity index (χ4n) is 2.40. The van der Waals surface area contributed by atoms with E-state index in [4.69, 9.17) is 9.47 Å². The minimum Gasteiger partial charge on any atom is -0.469 e. The van der Waals surface area contributed by atoms with Crippen LogP contribution in [0.3, 0.4) is 0 Å². The van der Waals surface area contributed by atoms with E-state index in [1.165, 1.54) is 7.11 Å². The van der Waals surface area contributed by atoms with Crippen LogP contribution in [0.25, 0.3) is 0 Å². The number of ether oxygens (including phenoxy) is 3. The van der Waals surface area contributed by atoms with E-state index < -0.39 is 0 Å². The van der Waals surface area contributed by atoms with Crippen molar-refractivity contribution in [3.05, 3.63) is 0 Å². The van der Waals surface area contributed by atoms with E-state index in [9.17, 15) is 4.79 Å². The van der Waals surface area contributed by atoms with Crippen LogP contribution in [-0.4, -0.2) is 77.0 Å². The van der Waals surface area contributed by atoms with E-state index in [0.29, 0.717) is 19.1 Å². The predicted molar refractivity (Wildman–Crippen MR) is 100 cm³/mol. The first-order chi connectivity index (χ1) is 10.7. The lowest BCUT2D eigenvalue weighted by atomic mass is 10.1. The Balaban J connectivity index is 0.00000484.